The van der Waals surface area contributed by atoms with Crippen molar-refractivity contribution in [2.24, 2.45) is 5.73 Å². The van der Waals surface area contributed by atoms with Gasteiger partial charge in [0.2, 0.25) is 0 Å². The first-order chi connectivity index (χ1) is 7.76. The monoisotopic (exact) mass is 288 g/mol. The van der Waals surface area contributed by atoms with Crippen molar-refractivity contribution in [2.45, 2.75) is 18.6 Å². The molecule has 90 valence electrons. The van der Waals surface area contributed by atoms with Gasteiger partial charge in [0.15, 0.2) is 0 Å². The van der Waals surface area contributed by atoms with Gasteiger partial charge in [-0.1, -0.05) is 0 Å². The maximum atomic E-state index is 5.84. The molecule has 1 aromatic heterocycles. The molecule has 0 saturated carbocycles. The van der Waals surface area contributed by atoms with E-state index in [1.54, 1.807) is 13.4 Å². The van der Waals surface area contributed by atoms with Gasteiger partial charge in [0.25, 0.3) is 0 Å². The molecule has 1 fully saturated rings. The summed E-state index contributed by atoms with van der Waals surface area (Å²) in [5.41, 5.74) is 5.84. The number of hydrogen-bond donors (Lipinski definition) is 1. The average Bonchev–Trinajstić information content (AvgIpc) is 2.90. The molecule has 1 saturated heterocycles. The highest BCUT2D eigenvalue weighted by atomic mass is 79.9. The van der Waals surface area contributed by atoms with Crippen LogP contribution in [-0.2, 0) is 4.74 Å². The molecule has 2 heterocycles. The van der Waals surface area contributed by atoms with Crippen LogP contribution in [0.4, 0.5) is 0 Å². The molecule has 16 heavy (non-hydrogen) atoms. The fourth-order valence-corrected chi connectivity index (χ4v) is 2.66. The van der Waals surface area contributed by atoms with Crippen molar-refractivity contribution in [2.75, 3.05) is 26.7 Å². The smallest absolute Gasteiger partial charge is 0.136 e. The van der Waals surface area contributed by atoms with Crippen LogP contribution in [0, 0.1) is 0 Å². The maximum Gasteiger partial charge on any atom is 0.136 e. The quantitative estimate of drug-likeness (QED) is 0.917. The Balaban J connectivity index is 2.09. The minimum atomic E-state index is 0.143. The molecule has 0 bridgehead atoms. The van der Waals surface area contributed by atoms with Crippen LogP contribution in [0.15, 0.2) is 21.2 Å². The van der Waals surface area contributed by atoms with Gasteiger partial charge in [0, 0.05) is 26.7 Å². The van der Waals surface area contributed by atoms with E-state index in [0.717, 1.165) is 29.7 Å². The lowest BCUT2D eigenvalue weighted by Gasteiger charge is -2.25. The molecule has 0 amide bonds. The molecular formula is C11H17BrN2O2. The van der Waals surface area contributed by atoms with Crippen molar-refractivity contribution < 1.29 is 9.15 Å². The summed E-state index contributed by atoms with van der Waals surface area (Å²) in [5, 5.41) is 0. The number of nitrogens with two attached hydrogens (primary N) is 1. The lowest BCUT2D eigenvalue weighted by atomic mass is 10.2. The number of nitrogens with zero attached hydrogens (tertiary/aromatic N) is 1. The summed E-state index contributed by atoms with van der Waals surface area (Å²) in [5.74, 6) is 0.916. The van der Waals surface area contributed by atoms with E-state index in [4.69, 9.17) is 14.9 Å². The first-order valence-corrected chi connectivity index (χ1v) is 6.25. The average molecular weight is 289 g/mol. The van der Waals surface area contributed by atoms with E-state index < -0.39 is 0 Å². The molecular weight excluding hydrogens is 272 g/mol. The summed E-state index contributed by atoms with van der Waals surface area (Å²) in [6.45, 7) is 2.49. The first-order valence-electron chi connectivity index (χ1n) is 5.46. The largest absolute Gasteiger partial charge is 0.466 e. The highest BCUT2D eigenvalue weighted by molar-refractivity contribution is 9.10. The summed E-state index contributed by atoms with van der Waals surface area (Å²) in [6.07, 6.45) is 3.07. The summed E-state index contributed by atoms with van der Waals surface area (Å²) in [6, 6.07) is 2.05. The van der Waals surface area contributed by atoms with Crippen LogP contribution in [0.1, 0.15) is 18.2 Å². The first kappa shape index (κ1) is 12.1. The summed E-state index contributed by atoms with van der Waals surface area (Å²) >= 11 is 3.48. The second kappa shape index (κ2) is 5.31. The van der Waals surface area contributed by atoms with Crippen LogP contribution in [0.3, 0.4) is 0 Å². The Morgan fingerprint density at radius 3 is 3.06 bits per heavy atom. The van der Waals surface area contributed by atoms with Gasteiger partial charge < -0.3 is 14.9 Å². The molecule has 0 spiro atoms. The Morgan fingerprint density at radius 2 is 2.56 bits per heavy atom. The van der Waals surface area contributed by atoms with E-state index in [9.17, 15) is 0 Å². The molecule has 2 N–H and O–H groups in total. The van der Waals surface area contributed by atoms with Crippen molar-refractivity contribution in [3.8, 4) is 0 Å². The number of likely N-dealkylation sites (tertiary alicyclic amines) is 1. The standard InChI is InChI=1S/C11H17BrN2O2/c1-15-8-2-4-14(7-8)10(6-13)11-9(12)3-5-16-11/h3,5,8,10H,2,4,6-7,13H2,1H3. The van der Waals surface area contributed by atoms with Crippen molar-refractivity contribution in [3.05, 3.63) is 22.6 Å². The Kier molecular flexibility index (Phi) is 4.02. The normalized spacial score (nSPS) is 23.8. The van der Waals surface area contributed by atoms with E-state index in [0.29, 0.717) is 12.6 Å². The second-order valence-electron chi connectivity index (χ2n) is 4.03. The Labute approximate surface area is 104 Å². The molecule has 0 radical (unpaired) electrons. The van der Waals surface area contributed by atoms with E-state index in [-0.39, 0.29) is 6.04 Å². The fourth-order valence-electron chi connectivity index (χ4n) is 2.19. The highest BCUT2D eigenvalue weighted by Crippen LogP contribution is 2.30. The SMILES string of the molecule is COC1CCN(C(CN)c2occc2Br)C1. The topological polar surface area (TPSA) is 51.6 Å². The van der Waals surface area contributed by atoms with Crippen molar-refractivity contribution in [1.82, 2.24) is 4.90 Å². The van der Waals surface area contributed by atoms with Gasteiger partial charge in [-0.05, 0) is 28.4 Å². The Bertz CT molecular complexity index is 342. The molecule has 2 unspecified atom stereocenters. The third-order valence-electron chi connectivity index (χ3n) is 3.12. The summed E-state index contributed by atoms with van der Waals surface area (Å²) in [4.78, 5) is 2.32. The number of hydrogen-bond acceptors (Lipinski definition) is 4. The second-order valence-corrected chi connectivity index (χ2v) is 4.88. The third-order valence-corrected chi connectivity index (χ3v) is 3.78. The van der Waals surface area contributed by atoms with Crippen LogP contribution in [-0.4, -0.2) is 37.7 Å². The third kappa shape index (κ3) is 2.32. The van der Waals surface area contributed by atoms with E-state index in [2.05, 4.69) is 20.8 Å². The van der Waals surface area contributed by atoms with Gasteiger partial charge in [0.1, 0.15) is 5.76 Å². The van der Waals surface area contributed by atoms with Gasteiger partial charge >= 0.3 is 0 Å². The summed E-state index contributed by atoms with van der Waals surface area (Å²) < 4.78 is 11.8. The maximum absolute atomic E-state index is 5.84. The highest BCUT2D eigenvalue weighted by Gasteiger charge is 2.30. The predicted molar refractivity (Wildman–Crippen MR) is 65.2 cm³/mol. The van der Waals surface area contributed by atoms with Gasteiger partial charge in [0.05, 0.1) is 22.9 Å². The summed E-state index contributed by atoms with van der Waals surface area (Å²) in [7, 11) is 1.76. The van der Waals surface area contributed by atoms with Crippen LogP contribution in [0.5, 0.6) is 0 Å². The fraction of sp³-hybridized carbons (Fsp3) is 0.636. The van der Waals surface area contributed by atoms with Crippen molar-refractivity contribution >= 4 is 15.9 Å². The lowest BCUT2D eigenvalue weighted by Crippen LogP contribution is -2.32. The van der Waals surface area contributed by atoms with Gasteiger partial charge in [-0.15, -0.1) is 0 Å². The number of ether oxygens (including phenoxy) is 1. The molecule has 1 aromatic rings. The molecule has 2 rings (SSSR count). The number of halogens is 1. The van der Waals surface area contributed by atoms with E-state index >= 15 is 0 Å². The van der Waals surface area contributed by atoms with Crippen LogP contribution >= 0.6 is 15.9 Å². The molecule has 1 aliphatic heterocycles. The zero-order valence-corrected chi connectivity index (χ0v) is 10.9. The molecule has 4 nitrogen and oxygen atoms in total. The van der Waals surface area contributed by atoms with Crippen molar-refractivity contribution in [3.63, 3.8) is 0 Å². The lowest BCUT2D eigenvalue weighted by molar-refractivity contribution is 0.0989. The minimum absolute atomic E-state index is 0.143. The zero-order valence-electron chi connectivity index (χ0n) is 9.36. The van der Waals surface area contributed by atoms with Crippen molar-refractivity contribution in [1.29, 1.82) is 0 Å². The van der Waals surface area contributed by atoms with Gasteiger partial charge in [-0.3, -0.25) is 4.90 Å². The van der Waals surface area contributed by atoms with E-state index in [1.165, 1.54) is 0 Å². The molecule has 2 atom stereocenters. The van der Waals surface area contributed by atoms with Crippen LogP contribution < -0.4 is 5.73 Å². The molecule has 1 aliphatic rings. The van der Waals surface area contributed by atoms with Gasteiger partial charge in [-0.2, -0.15) is 0 Å². The zero-order chi connectivity index (χ0) is 11.5. The number of rotatable bonds is 4. The van der Waals surface area contributed by atoms with Crippen LogP contribution in [0.25, 0.3) is 0 Å². The molecule has 0 aliphatic carbocycles. The minimum Gasteiger partial charge on any atom is -0.466 e. The van der Waals surface area contributed by atoms with Crippen LogP contribution in [0.2, 0.25) is 0 Å². The molecule has 5 heteroatoms. The molecule has 0 aromatic carbocycles. The van der Waals surface area contributed by atoms with E-state index in [1.807, 2.05) is 6.07 Å². The predicted octanol–water partition coefficient (Wildman–Crippen LogP) is 1.76. The Morgan fingerprint density at radius 1 is 1.75 bits per heavy atom. The Hall–Kier alpha value is -0.360. The number of methoxy groups -OCH3 is 1. The number of furan rings is 1. The van der Waals surface area contributed by atoms with Gasteiger partial charge in [-0.25, -0.2) is 0 Å².